The van der Waals surface area contributed by atoms with Crippen molar-refractivity contribution >= 4 is 11.6 Å². The van der Waals surface area contributed by atoms with E-state index in [2.05, 4.69) is 21.9 Å². The fourth-order valence-electron chi connectivity index (χ4n) is 3.72. The monoisotopic (exact) mass is 333 g/mol. The highest BCUT2D eigenvalue weighted by molar-refractivity contribution is 5.77. The molecule has 3 rings (SSSR count). The molecule has 0 aromatic heterocycles. The van der Waals surface area contributed by atoms with Gasteiger partial charge in [-0.05, 0) is 37.1 Å². The van der Waals surface area contributed by atoms with Gasteiger partial charge in [-0.1, -0.05) is 0 Å². The lowest BCUT2D eigenvalue weighted by atomic mass is 10.0. The minimum atomic E-state index is -0.377. The lowest BCUT2D eigenvalue weighted by Crippen LogP contribution is -2.56. The van der Waals surface area contributed by atoms with E-state index in [0.29, 0.717) is 6.04 Å². The number of ether oxygens (including phenoxy) is 1. The summed E-state index contributed by atoms with van der Waals surface area (Å²) in [6.07, 6.45) is 2.16. The van der Waals surface area contributed by atoms with Gasteiger partial charge in [0, 0.05) is 51.0 Å². The van der Waals surface area contributed by atoms with Gasteiger partial charge in [-0.25, -0.2) is 0 Å². The molecular weight excluding hydrogens is 306 g/mol. The summed E-state index contributed by atoms with van der Waals surface area (Å²) in [4.78, 5) is 18.4. The number of piperazine rings is 1. The zero-order chi connectivity index (χ0) is 16.9. The predicted octanol–water partition coefficient (Wildman–Crippen LogP) is 0.800. The SMILES string of the molecule is COc1ccc(N2CCN(C3CCCN(C(=O)CO)C3)CC2)cc1. The summed E-state index contributed by atoms with van der Waals surface area (Å²) in [7, 11) is 1.68. The van der Waals surface area contributed by atoms with Crippen molar-refractivity contribution in [2.45, 2.75) is 18.9 Å². The van der Waals surface area contributed by atoms with E-state index in [1.54, 1.807) is 7.11 Å². The number of likely N-dealkylation sites (tertiary alicyclic amines) is 1. The van der Waals surface area contributed by atoms with Crippen molar-refractivity contribution in [3.05, 3.63) is 24.3 Å². The topological polar surface area (TPSA) is 56.2 Å². The molecule has 0 bridgehead atoms. The molecular formula is C18H27N3O3. The average molecular weight is 333 g/mol. The van der Waals surface area contributed by atoms with Gasteiger partial charge < -0.3 is 19.6 Å². The quantitative estimate of drug-likeness (QED) is 0.883. The van der Waals surface area contributed by atoms with Gasteiger partial charge in [0.05, 0.1) is 7.11 Å². The van der Waals surface area contributed by atoms with Crippen LogP contribution in [0.15, 0.2) is 24.3 Å². The molecule has 2 aliphatic heterocycles. The highest BCUT2D eigenvalue weighted by Gasteiger charge is 2.29. The van der Waals surface area contributed by atoms with Gasteiger partial charge in [-0.2, -0.15) is 0 Å². The Labute approximate surface area is 143 Å². The first kappa shape index (κ1) is 17.0. The number of hydrogen-bond donors (Lipinski definition) is 1. The van der Waals surface area contributed by atoms with Crippen LogP contribution >= 0.6 is 0 Å². The number of methoxy groups -OCH3 is 1. The lowest BCUT2D eigenvalue weighted by Gasteiger charge is -2.43. The van der Waals surface area contributed by atoms with E-state index in [4.69, 9.17) is 9.84 Å². The van der Waals surface area contributed by atoms with E-state index in [1.807, 2.05) is 17.0 Å². The number of anilines is 1. The molecule has 1 amide bonds. The first-order valence-electron chi connectivity index (χ1n) is 8.73. The van der Waals surface area contributed by atoms with Gasteiger partial charge in [0.2, 0.25) is 5.91 Å². The molecule has 0 saturated carbocycles. The molecule has 2 heterocycles. The molecule has 1 unspecified atom stereocenters. The van der Waals surface area contributed by atoms with Gasteiger partial charge in [-0.3, -0.25) is 9.69 Å². The Balaban J connectivity index is 1.53. The molecule has 2 saturated heterocycles. The van der Waals surface area contributed by atoms with Gasteiger partial charge in [0.25, 0.3) is 0 Å². The van der Waals surface area contributed by atoms with Crippen LogP contribution in [0.5, 0.6) is 5.75 Å². The summed E-state index contributed by atoms with van der Waals surface area (Å²) in [5.74, 6) is 0.741. The van der Waals surface area contributed by atoms with Gasteiger partial charge in [0.15, 0.2) is 0 Å². The summed E-state index contributed by atoms with van der Waals surface area (Å²) < 4.78 is 5.21. The van der Waals surface area contributed by atoms with Crippen molar-refractivity contribution in [2.24, 2.45) is 0 Å². The van der Waals surface area contributed by atoms with Crippen LogP contribution in [-0.4, -0.2) is 79.8 Å². The molecule has 132 valence electrons. The zero-order valence-corrected chi connectivity index (χ0v) is 14.4. The second-order valence-electron chi connectivity index (χ2n) is 6.51. The first-order chi connectivity index (χ1) is 11.7. The normalized spacial score (nSPS) is 22.5. The smallest absolute Gasteiger partial charge is 0.248 e. The summed E-state index contributed by atoms with van der Waals surface area (Å²) in [5, 5.41) is 9.06. The molecule has 1 aromatic rings. The standard InChI is InChI=1S/C18H27N3O3/c1-24-17-6-4-15(5-7-17)19-9-11-20(12-10-19)16-3-2-8-21(13-16)18(23)14-22/h4-7,16,22H,2-3,8-14H2,1H3. The van der Waals surface area contributed by atoms with Gasteiger partial charge in [-0.15, -0.1) is 0 Å². The molecule has 0 radical (unpaired) electrons. The van der Waals surface area contributed by atoms with E-state index in [0.717, 1.165) is 57.9 Å². The van der Waals surface area contributed by atoms with Crippen LogP contribution < -0.4 is 9.64 Å². The van der Waals surface area contributed by atoms with Crippen molar-refractivity contribution in [3.63, 3.8) is 0 Å². The Bertz CT molecular complexity index is 541. The molecule has 2 fully saturated rings. The number of benzene rings is 1. The third-order valence-corrected chi connectivity index (χ3v) is 5.15. The number of rotatable bonds is 4. The van der Waals surface area contributed by atoms with Crippen molar-refractivity contribution < 1.29 is 14.6 Å². The predicted molar refractivity (Wildman–Crippen MR) is 93.5 cm³/mol. The Kier molecular flexibility index (Phi) is 5.58. The summed E-state index contributed by atoms with van der Waals surface area (Å²) in [6.45, 7) is 5.17. The number of aliphatic hydroxyl groups excluding tert-OH is 1. The van der Waals surface area contributed by atoms with E-state index >= 15 is 0 Å². The van der Waals surface area contributed by atoms with Crippen molar-refractivity contribution in [1.82, 2.24) is 9.80 Å². The molecule has 6 heteroatoms. The second-order valence-corrected chi connectivity index (χ2v) is 6.51. The van der Waals surface area contributed by atoms with Crippen LogP contribution in [0.1, 0.15) is 12.8 Å². The number of amides is 1. The number of aliphatic hydroxyl groups is 1. The Hall–Kier alpha value is -1.79. The van der Waals surface area contributed by atoms with E-state index in [9.17, 15) is 4.79 Å². The number of piperidine rings is 1. The fourth-order valence-corrected chi connectivity index (χ4v) is 3.72. The van der Waals surface area contributed by atoms with Gasteiger partial charge in [0.1, 0.15) is 12.4 Å². The number of carbonyl (C=O) groups excluding carboxylic acids is 1. The second kappa shape index (κ2) is 7.85. The molecule has 2 aliphatic rings. The van der Waals surface area contributed by atoms with Gasteiger partial charge >= 0.3 is 0 Å². The van der Waals surface area contributed by atoms with Crippen LogP contribution in [0.25, 0.3) is 0 Å². The molecule has 1 aromatic carbocycles. The number of carbonyl (C=O) groups is 1. The van der Waals surface area contributed by atoms with E-state index < -0.39 is 0 Å². The maximum Gasteiger partial charge on any atom is 0.248 e. The summed E-state index contributed by atoms with van der Waals surface area (Å²) in [6, 6.07) is 8.64. The zero-order valence-electron chi connectivity index (χ0n) is 14.4. The minimum absolute atomic E-state index is 0.142. The lowest BCUT2D eigenvalue weighted by molar-refractivity contribution is -0.136. The Morgan fingerprint density at radius 1 is 1.17 bits per heavy atom. The van der Waals surface area contributed by atoms with Crippen LogP contribution in [0.3, 0.4) is 0 Å². The Morgan fingerprint density at radius 3 is 2.50 bits per heavy atom. The van der Waals surface area contributed by atoms with Crippen LogP contribution in [0.4, 0.5) is 5.69 Å². The van der Waals surface area contributed by atoms with Crippen LogP contribution in [0, 0.1) is 0 Å². The van der Waals surface area contributed by atoms with E-state index in [-0.39, 0.29) is 12.5 Å². The highest BCUT2D eigenvalue weighted by Crippen LogP contribution is 2.23. The molecule has 0 spiro atoms. The molecule has 24 heavy (non-hydrogen) atoms. The third kappa shape index (κ3) is 3.82. The molecule has 0 aliphatic carbocycles. The summed E-state index contributed by atoms with van der Waals surface area (Å²) in [5.41, 5.74) is 1.23. The molecule has 1 atom stereocenters. The first-order valence-corrected chi connectivity index (χ1v) is 8.73. The summed E-state index contributed by atoms with van der Waals surface area (Å²) >= 11 is 0. The third-order valence-electron chi connectivity index (χ3n) is 5.15. The van der Waals surface area contributed by atoms with Crippen molar-refractivity contribution in [1.29, 1.82) is 0 Å². The highest BCUT2D eigenvalue weighted by atomic mass is 16.5. The van der Waals surface area contributed by atoms with Crippen molar-refractivity contribution in [2.75, 3.05) is 57.9 Å². The van der Waals surface area contributed by atoms with Crippen molar-refractivity contribution in [3.8, 4) is 5.75 Å². The maximum atomic E-state index is 11.7. The molecule has 1 N–H and O–H groups in total. The number of nitrogens with zero attached hydrogens (tertiary/aromatic N) is 3. The fraction of sp³-hybridized carbons (Fsp3) is 0.611. The maximum absolute atomic E-state index is 11.7. The molecule has 6 nitrogen and oxygen atoms in total. The average Bonchev–Trinajstić information content (AvgIpc) is 2.67. The largest absolute Gasteiger partial charge is 0.497 e. The minimum Gasteiger partial charge on any atom is -0.497 e. The number of hydrogen-bond acceptors (Lipinski definition) is 5. The van der Waals surface area contributed by atoms with Crippen LogP contribution in [-0.2, 0) is 4.79 Å². The van der Waals surface area contributed by atoms with E-state index in [1.165, 1.54) is 5.69 Å². The van der Waals surface area contributed by atoms with Crippen LogP contribution in [0.2, 0.25) is 0 Å². The Morgan fingerprint density at radius 2 is 1.88 bits per heavy atom.